The number of rotatable bonds is 1. The molecule has 0 fully saturated rings. The van der Waals surface area contributed by atoms with Crippen LogP contribution in [-0.4, -0.2) is 0 Å². The minimum absolute atomic E-state index is 0.898. The summed E-state index contributed by atoms with van der Waals surface area (Å²) in [6.07, 6.45) is 1.77. The summed E-state index contributed by atoms with van der Waals surface area (Å²) in [5.74, 6) is 0.898. The van der Waals surface area contributed by atoms with Crippen LogP contribution in [0, 0.1) is 0 Å². The molecule has 0 amide bonds. The van der Waals surface area contributed by atoms with Crippen molar-refractivity contribution in [3.8, 4) is 10.6 Å². The minimum Gasteiger partial charge on any atom is -0.238 e. The molecule has 2 nitrogen and oxygen atoms in total. The normalized spacial score (nSPS) is 10.0. The molecule has 10 heavy (non-hydrogen) atoms. The van der Waals surface area contributed by atoms with Crippen LogP contribution >= 0.6 is 11.3 Å². The van der Waals surface area contributed by atoms with E-state index >= 15 is 0 Å². The van der Waals surface area contributed by atoms with Crippen LogP contribution in [0.5, 0.6) is 0 Å². The minimum atomic E-state index is 0.898. The average molecular weight is 152 g/mol. The van der Waals surface area contributed by atoms with Gasteiger partial charge in [0.15, 0.2) is 0 Å². The molecule has 2 aromatic heterocycles. The van der Waals surface area contributed by atoms with Gasteiger partial charge in [-0.05, 0) is 16.6 Å². The Morgan fingerprint density at radius 2 is 2.40 bits per heavy atom. The zero-order valence-electron chi connectivity index (χ0n) is 5.20. The van der Waals surface area contributed by atoms with Crippen LogP contribution in [0.25, 0.3) is 10.6 Å². The van der Waals surface area contributed by atoms with Crippen molar-refractivity contribution in [2.45, 2.75) is 0 Å². The molecule has 1 N–H and O–H groups in total. The van der Waals surface area contributed by atoms with E-state index in [1.807, 2.05) is 23.6 Å². The molecule has 50 valence electrons. The lowest BCUT2D eigenvalue weighted by Gasteiger charge is -1.78. The molecule has 0 aliphatic rings. The van der Waals surface area contributed by atoms with Crippen LogP contribution in [-0.2, 0) is 0 Å². The Bertz CT molecular complexity index is 253. The molecule has 0 atom stereocenters. The van der Waals surface area contributed by atoms with E-state index in [0.717, 1.165) is 10.6 Å². The van der Waals surface area contributed by atoms with Crippen molar-refractivity contribution in [3.63, 3.8) is 0 Å². The number of hydrogen-bond donors (Lipinski definition) is 0. The van der Waals surface area contributed by atoms with Crippen molar-refractivity contribution in [1.29, 1.82) is 0 Å². The molecule has 0 radical (unpaired) electrons. The van der Waals surface area contributed by atoms with Crippen LogP contribution in [0.2, 0.25) is 0 Å². The lowest BCUT2D eigenvalue weighted by molar-refractivity contribution is -0.606. The van der Waals surface area contributed by atoms with E-state index in [1.165, 1.54) is 0 Å². The number of hydrogen-bond acceptors (Lipinski definition) is 2. The number of nitrogens with one attached hydrogen (secondary N) is 1. The molecule has 2 heterocycles. The highest BCUT2D eigenvalue weighted by Crippen LogP contribution is 2.22. The van der Waals surface area contributed by atoms with Crippen LogP contribution < -0.4 is 5.16 Å². The predicted octanol–water partition coefficient (Wildman–Crippen LogP) is 1.82. The van der Waals surface area contributed by atoms with Crippen molar-refractivity contribution in [3.05, 3.63) is 29.8 Å². The summed E-state index contributed by atoms with van der Waals surface area (Å²) in [7, 11) is 0. The van der Waals surface area contributed by atoms with Gasteiger partial charge in [0, 0.05) is 0 Å². The van der Waals surface area contributed by atoms with E-state index in [9.17, 15) is 0 Å². The first kappa shape index (κ1) is 5.68. The first-order valence-electron chi connectivity index (χ1n) is 2.96. The molecule has 0 saturated heterocycles. The average Bonchev–Trinajstić information content (AvgIpc) is 2.59. The second kappa shape index (κ2) is 2.27. The molecule has 0 spiro atoms. The Morgan fingerprint density at radius 1 is 1.40 bits per heavy atom. The second-order valence-corrected chi connectivity index (χ2v) is 2.84. The Balaban J connectivity index is 2.48. The molecule has 2 aromatic rings. The van der Waals surface area contributed by atoms with Gasteiger partial charge in [-0.2, -0.15) is 0 Å². The number of thiophene rings is 1. The maximum absolute atomic E-state index is 5.06. The fourth-order valence-electron chi connectivity index (χ4n) is 0.792. The third-order valence-corrected chi connectivity index (χ3v) is 2.12. The number of H-pyrrole nitrogens is 1. The SMILES string of the molecule is c1csc(-c2cc[nH+]o2)c1. The molecule has 0 saturated carbocycles. The highest BCUT2D eigenvalue weighted by atomic mass is 32.1. The Labute approximate surface area is 62.1 Å². The molecule has 0 aliphatic carbocycles. The van der Waals surface area contributed by atoms with Gasteiger partial charge in [0.1, 0.15) is 0 Å². The van der Waals surface area contributed by atoms with Crippen LogP contribution in [0.4, 0.5) is 0 Å². The third-order valence-electron chi connectivity index (χ3n) is 1.24. The van der Waals surface area contributed by atoms with Gasteiger partial charge in [-0.15, -0.1) is 11.3 Å². The molecular formula is C7H6NOS+. The highest BCUT2D eigenvalue weighted by molar-refractivity contribution is 7.13. The van der Waals surface area contributed by atoms with E-state index < -0.39 is 0 Å². The van der Waals surface area contributed by atoms with Crippen LogP contribution in [0.3, 0.4) is 0 Å². The smallest absolute Gasteiger partial charge is 0.226 e. The number of aromatic nitrogens is 1. The lowest BCUT2D eigenvalue weighted by Crippen LogP contribution is -1.88. The quantitative estimate of drug-likeness (QED) is 0.612. The predicted molar refractivity (Wildman–Crippen MR) is 38.6 cm³/mol. The second-order valence-electron chi connectivity index (χ2n) is 1.89. The van der Waals surface area contributed by atoms with Crippen molar-refractivity contribution >= 4 is 11.3 Å². The van der Waals surface area contributed by atoms with Gasteiger partial charge in [-0.1, -0.05) is 6.07 Å². The lowest BCUT2D eigenvalue weighted by atomic mass is 10.4. The standard InChI is InChI=1S/C7H5NOS/c1-2-7(10-5-1)6-3-4-8-9-6/h1-5H/p+1. The summed E-state index contributed by atoms with van der Waals surface area (Å²) in [4.78, 5) is 1.15. The largest absolute Gasteiger partial charge is 0.238 e. The molecule has 0 aliphatic heterocycles. The van der Waals surface area contributed by atoms with Crippen LogP contribution in [0.1, 0.15) is 0 Å². The Kier molecular flexibility index (Phi) is 1.29. The summed E-state index contributed by atoms with van der Waals surface area (Å²) in [6, 6.07) is 5.94. The zero-order chi connectivity index (χ0) is 6.81. The summed E-state index contributed by atoms with van der Waals surface area (Å²) >= 11 is 1.67. The van der Waals surface area contributed by atoms with E-state index in [-0.39, 0.29) is 0 Å². The van der Waals surface area contributed by atoms with Gasteiger partial charge in [-0.3, -0.25) is 0 Å². The van der Waals surface area contributed by atoms with Crippen molar-refractivity contribution in [2.24, 2.45) is 0 Å². The summed E-state index contributed by atoms with van der Waals surface area (Å²) in [6.45, 7) is 0. The fraction of sp³-hybridized carbons (Fsp3) is 0. The first-order valence-corrected chi connectivity index (χ1v) is 3.84. The molecule has 0 unspecified atom stereocenters. The van der Waals surface area contributed by atoms with Gasteiger partial charge in [0.05, 0.1) is 10.9 Å². The molecule has 2 rings (SSSR count). The van der Waals surface area contributed by atoms with Crippen molar-refractivity contribution in [2.75, 3.05) is 0 Å². The summed E-state index contributed by atoms with van der Waals surface area (Å²) < 4.78 is 5.06. The van der Waals surface area contributed by atoms with Crippen LogP contribution in [0.15, 0.2) is 34.3 Å². The number of aromatic amines is 1. The summed E-state index contributed by atoms with van der Waals surface area (Å²) in [5, 5.41) is 4.68. The van der Waals surface area contributed by atoms with Gasteiger partial charge in [0.25, 0.3) is 0 Å². The molecule has 3 heteroatoms. The van der Waals surface area contributed by atoms with Gasteiger partial charge < -0.3 is 0 Å². The maximum Gasteiger partial charge on any atom is 0.226 e. The highest BCUT2D eigenvalue weighted by Gasteiger charge is 2.03. The van der Waals surface area contributed by atoms with E-state index in [0.29, 0.717) is 0 Å². The van der Waals surface area contributed by atoms with Gasteiger partial charge in [0.2, 0.25) is 12.0 Å². The van der Waals surface area contributed by atoms with Gasteiger partial charge in [-0.25, -0.2) is 4.52 Å². The molecule has 0 aromatic carbocycles. The fourth-order valence-corrected chi connectivity index (χ4v) is 1.48. The summed E-state index contributed by atoms with van der Waals surface area (Å²) in [5.41, 5.74) is 0. The zero-order valence-corrected chi connectivity index (χ0v) is 6.02. The van der Waals surface area contributed by atoms with Gasteiger partial charge >= 0.3 is 0 Å². The van der Waals surface area contributed by atoms with Crippen molar-refractivity contribution < 1.29 is 9.68 Å². The molecular weight excluding hydrogens is 146 g/mol. The third kappa shape index (κ3) is 0.844. The topological polar surface area (TPSA) is 27.3 Å². The maximum atomic E-state index is 5.06. The monoisotopic (exact) mass is 152 g/mol. The van der Waals surface area contributed by atoms with E-state index in [1.54, 1.807) is 17.5 Å². The Morgan fingerprint density at radius 3 is 3.00 bits per heavy atom. The first-order chi connectivity index (χ1) is 4.97. The van der Waals surface area contributed by atoms with E-state index in [2.05, 4.69) is 5.16 Å². The van der Waals surface area contributed by atoms with Crippen molar-refractivity contribution in [1.82, 2.24) is 0 Å². The van der Waals surface area contributed by atoms with E-state index in [4.69, 9.17) is 4.52 Å². The molecule has 0 bridgehead atoms. The Hall–Kier alpha value is -1.09.